The standard InChI is InChI=1S/C17H22N2O3/c1-2-5-13(4-1)19(10-14-6-3-8-21-14)11-16-15-12-20-9-7-17(15)22-18-16/h3,6,8,13H,1-2,4-5,7,9-12H2. The van der Waals surface area contributed by atoms with Gasteiger partial charge in [-0.05, 0) is 25.0 Å². The normalized spacial score (nSPS) is 19.0. The molecule has 1 saturated carbocycles. The Morgan fingerprint density at radius 2 is 2.14 bits per heavy atom. The first-order valence-electron chi connectivity index (χ1n) is 8.20. The van der Waals surface area contributed by atoms with Crippen LogP contribution >= 0.6 is 0 Å². The smallest absolute Gasteiger partial charge is 0.144 e. The number of aromatic nitrogens is 1. The molecule has 2 aliphatic rings. The van der Waals surface area contributed by atoms with Crippen molar-refractivity contribution in [2.75, 3.05) is 6.61 Å². The van der Waals surface area contributed by atoms with E-state index in [1.54, 1.807) is 6.26 Å². The molecule has 0 aromatic carbocycles. The Balaban J connectivity index is 1.53. The molecule has 0 amide bonds. The average molecular weight is 302 g/mol. The third-order valence-corrected chi connectivity index (χ3v) is 4.80. The predicted octanol–water partition coefficient (Wildman–Crippen LogP) is 3.29. The SMILES string of the molecule is c1coc(CN(Cc2noc3c2COCC3)C2CCCC2)c1. The third-order valence-electron chi connectivity index (χ3n) is 4.80. The second-order valence-corrected chi connectivity index (χ2v) is 6.26. The molecule has 5 heteroatoms. The molecule has 0 N–H and O–H groups in total. The molecule has 0 radical (unpaired) electrons. The maximum Gasteiger partial charge on any atom is 0.144 e. The van der Waals surface area contributed by atoms with E-state index in [2.05, 4.69) is 10.1 Å². The molecule has 3 heterocycles. The van der Waals surface area contributed by atoms with Crippen molar-refractivity contribution in [1.82, 2.24) is 10.1 Å². The van der Waals surface area contributed by atoms with E-state index in [-0.39, 0.29) is 0 Å². The Morgan fingerprint density at radius 3 is 2.95 bits per heavy atom. The van der Waals surface area contributed by atoms with Gasteiger partial charge in [-0.2, -0.15) is 0 Å². The highest BCUT2D eigenvalue weighted by atomic mass is 16.5. The van der Waals surface area contributed by atoms with Crippen LogP contribution in [0.4, 0.5) is 0 Å². The van der Waals surface area contributed by atoms with Crippen LogP contribution in [-0.2, 0) is 30.9 Å². The summed E-state index contributed by atoms with van der Waals surface area (Å²) in [6, 6.07) is 4.61. The summed E-state index contributed by atoms with van der Waals surface area (Å²) >= 11 is 0. The Kier molecular flexibility index (Phi) is 3.99. The third kappa shape index (κ3) is 2.83. The van der Waals surface area contributed by atoms with Crippen molar-refractivity contribution in [2.24, 2.45) is 0 Å². The molecule has 118 valence electrons. The first-order chi connectivity index (χ1) is 10.9. The molecule has 0 atom stereocenters. The van der Waals surface area contributed by atoms with Crippen LogP contribution in [0.1, 0.15) is 48.5 Å². The fraction of sp³-hybridized carbons (Fsp3) is 0.588. The van der Waals surface area contributed by atoms with E-state index < -0.39 is 0 Å². The number of rotatable bonds is 5. The van der Waals surface area contributed by atoms with Gasteiger partial charge < -0.3 is 13.7 Å². The summed E-state index contributed by atoms with van der Waals surface area (Å²) in [5.74, 6) is 2.02. The molecule has 22 heavy (non-hydrogen) atoms. The lowest BCUT2D eigenvalue weighted by atomic mass is 10.1. The van der Waals surface area contributed by atoms with Gasteiger partial charge in [0.05, 0.1) is 26.0 Å². The van der Waals surface area contributed by atoms with Crippen molar-refractivity contribution in [3.05, 3.63) is 41.2 Å². The minimum atomic E-state index is 0.613. The van der Waals surface area contributed by atoms with Gasteiger partial charge in [0, 0.05) is 24.6 Å². The van der Waals surface area contributed by atoms with Gasteiger partial charge in [0.1, 0.15) is 17.2 Å². The summed E-state index contributed by atoms with van der Waals surface area (Å²) in [4.78, 5) is 2.48. The monoisotopic (exact) mass is 302 g/mol. The Morgan fingerprint density at radius 1 is 1.23 bits per heavy atom. The summed E-state index contributed by atoms with van der Waals surface area (Å²) in [5, 5.41) is 4.31. The molecule has 2 aromatic heterocycles. The van der Waals surface area contributed by atoms with Crippen molar-refractivity contribution >= 4 is 0 Å². The molecule has 0 unspecified atom stereocenters. The van der Waals surface area contributed by atoms with Crippen molar-refractivity contribution in [1.29, 1.82) is 0 Å². The van der Waals surface area contributed by atoms with Gasteiger partial charge in [-0.3, -0.25) is 4.90 Å². The van der Waals surface area contributed by atoms with Crippen LogP contribution in [-0.4, -0.2) is 22.7 Å². The van der Waals surface area contributed by atoms with Gasteiger partial charge in [-0.15, -0.1) is 0 Å². The van der Waals surface area contributed by atoms with Crippen LogP contribution in [0.5, 0.6) is 0 Å². The van der Waals surface area contributed by atoms with Crippen molar-refractivity contribution in [3.63, 3.8) is 0 Å². The minimum absolute atomic E-state index is 0.613. The zero-order chi connectivity index (χ0) is 14.8. The first-order valence-corrected chi connectivity index (χ1v) is 8.20. The van der Waals surface area contributed by atoms with Gasteiger partial charge in [-0.1, -0.05) is 18.0 Å². The number of nitrogens with zero attached hydrogens (tertiary/aromatic N) is 2. The molecule has 2 aromatic rings. The van der Waals surface area contributed by atoms with E-state index in [4.69, 9.17) is 13.7 Å². The molecule has 1 fully saturated rings. The fourth-order valence-corrected chi connectivity index (χ4v) is 3.58. The zero-order valence-corrected chi connectivity index (χ0v) is 12.8. The summed E-state index contributed by atoms with van der Waals surface area (Å²) in [5.41, 5.74) is 2.20. The molecule has 1 aliphatic heterocycles. The first kappa shape index (κ1) is 14.0. The van der Waals surface area contributed by atoms with E-state index in [0.29, 0.717) is 12.6 Å². The average Bonchev–Trinajstić information content (AvgIpc) is 3.29. The van der Waals surface area contributed by atoms with Gasteiger partial charge in [0.15, 0.2) is 0 Å². The lowest BCUT2D eigenvalue weighted by molar-refractivity contribution is 0.101. The maximum atomic E-state index is 5.57. The zero-order valence-electron chi connectivity index (χ0n) is 12.8. The minimum Gasteiger partial charge on any atom is -0.468 e. The maximum absolute atomic E-state index is 5.57. The van der Waals surface area contributed by atoms with Gasteiger partial charge in [-0.25, -0.2) is 0 Å². The molecule has 5 nitrogen and oxygen atoms in total. The van der Waals surface area contributed by atoms with E-state index in [9.17, 15) is 0 Å². The molecule has 0 spiro atoms. The Bertz CT molecular complexity index is 599. The topological polar surface area (TPSA) is 51.6 Å². The van der Waals surface area contributed by atoms with Crippen LogP contribution in [0.2, 0.25) is 0 Å². The second-order valence-electron chi connectivity index (χ2n) is 6.26. The number of hydrogen-bond acceptors (Lipinski definition) is 5. The van der Waals surface area contributed by atoms with Crippen molar-refractivity contribution < 1.29 is 13.7 Å². The van der Waals surface area contributed by atoms with Gasteiger partial charge in [0.2, 0.25) is 0 Å². The number of fused-ring (bicyclic) bond motifs is 1. The summed E-state index contributed by atoms with van der Waals surface area (Å²) in [6.07, 6.45) is 7.74. The van der Waals surface area contributed by atoms with Crippen LogP contribution in [0, 0.1) is 0 Å². The molecule has 1 aliphatic carbocycles. The van der Waals surface area contributed by atoms with Crippen LogP contribution in [0.15, 0.2) is 27.3 Å². The quantitative estimate of drug-likeness (QED) is 0.848. The van der Waals surface area contributed by atoms with Crippen LogP contribution in [0.3, 0.4) is 0 Å². The summed E-state index contributed by atoms with van der Waals surface area (Å²) in [7, 11) is 0. The lowest BCUT2D eigenvalue weighted by Gasteiger charge is -2.27. The van der Waals surface area contributed by atoms with Gasteiger partial charge >= 0.3 is 0 Å². The van der Waals surface area contributed by atoms with E-state index in [0.717, 1.165) is 48.9 Å². The second kappa shape index (κ2) is 6.26. The van der Waals surface area contributed by atoms with Crippen LogP contribution < -0.4 is 0 Å². The fourth-order valence-electron chi connectivity index (χ4n) is 3.58. The van der Waals surface area contributed by atoms with E-state index >= 15 is 0 Å². The Labute approximate surface area is 130 Å². The molecule has 0 bridgehead atoms. The number of ether oxygens (including phenoxy) is 1. The Hall–Kier alpha value is -1.59. The predicted molar refractivity (Wildman–Crippen MR) is 80.1 cm³/mol. The molecule has 0 saturated heterocycles. The highest BCUT2D eigenvalue weighted by molar-refractivity contribution is 5.24. The van der Waals surface area contributed by atoms with Crippen molar-refractivity contribution in [3.8, 4) is 0 Å². The molecule has 4 rings (SSSR count). The highest BCUT2D eigenvalue weighted by Gasteiger charge is 2.27. The molecular weight excluding hydrogens is 280 g/mol. The van der Waals surface area contributed by atoms with Gasteiger partial charge in [0.25, 0.3) is 0 Å². The van der Waals surface area contributed by atoms with Crippen molar-refractivity contribution in [2.45, 2.75) is 57.8 Å². The summed E-state index contributed by atoms with van der Waals surface area (Å²) in [6.45, 7) is 3.02. The van der Waals surface area contributed by atoms with E-state index in [1.807, 2.05) is 12.1 Å². The number of hydrogen-bond donors (Lipinski definition) is 0. The molecular formula is C17H22N2O3. The number of furan rings is 1. The summed E-state index contributed by atoms with van der Waals surface area (Å²) < 4.78 is 16.6. The largest absolute Gasteiger partial charge is 0.468 e. The lowest BCUT2D eigenvalue weighted by Crippen LogP contribution is -2.32. The van der Waals surface area contributed by atoms with E-state index in [1.165, 1.54) is 25.7 Å². The van der Waals surface area contributed by atoms with Crippen LogP contribution in [0.25, 0.3) is 0 Å². The highest BCUT2D eigenvalue weighted by Crippen LogP contribution is 2.28.